The standard InChI is InChI=1S/C31H27Cl2N3O5S/c32-21-2-1-3-22(33)24(21)27-25(28(41-35-27)15-6-7-15)30(39)40-19-12-17-8-9-18(13-19)36(17)31-34-26-20(14-4-5-14)10-16(29(37)38)11-23(26)42-31/h1-3,10-11,14-15,17-19H,4-9,12-13H2,(H,37,38)/t17-,18+,19-. The number of nitrogens with zero attached hydrogens (tertiary/aromatic N) is 3. The summed E-state index contributed by atoms with van der Waals surface area (Å²) >= 11 is 14.5. The molecule has 0 radical (unpaired) electrons. The van der Waals surface area contributed by atoms with E-state index in [1.54, 1.807) is 41.7 Å². The SMILES string of the molecule is O=C(O)c1cc(C2CC2)c2nc(N3[C@@H]4CC[C@H]3C[C@H](OC(=O)c3c(-c5c(Cl)cccc5Cl)noc3C3CC3)C4)sc2c1. The minimum absolute atomic E-state index is 0.147. The number of anilines is 1. The number of hydrogen-bond donors (Lipinski definition) is 1. The smallest absolute Gasteiger partial charge is 0.344 e. The van der Waals surface area contributed by atoms with Crippen molar-refractivity contribution in [2.45, 2.75) is 81.4 Å². The minimum atomic E-state index is -0.908. The van der Waals surface area contributed by atoms with Gasteiger partial charge in [0.2, 0.25) is 0 Å². The van der Waals surface area contributed by atoms with Gasteiger partial charge in [-0.1, -0.05) is 45.8 Å². The summed E-state index contributed by atoms with van der Waals surface area (Å²) in [5, 5.41) is 15.6. The molecule has 4 fully saturated rings. The van der Waals surface area contributed by atoms with Crippen molar-refractivity contribution in [3.8, 4) is 11.3 Å². The molecule has 8 rings (SSSR count). The highest BCUT2D eigenvalue weighted by Crippen LogP contribution is 2.49. The van der Waals surface area contributed by atoms with Crippen LogP contribution in [0.15, 0.2) is 34.9 Å². The first kappa shape index (κ1) is 26.5. The Morgan fingerprint density at radius 2 is 1.69 bits per heavy atom. The van der Waals surface area contributed by atoms with Gasteiger partial charge in [-0.3, -0.25) is 0 Å². The highest BCUT2D eigenvalue weighted by Gasteiger charge is 2.45. The van der Waals surface area contributed by atoms with Gasteiger partial charge in [-0.25, -0.2) is 14.6 Å². The summed E-state index contributed by atoms with van der Waals surface area (Å²) in [6.07, 6.45) is 7.15. The van der Waals surface area contributed by atoms with Crippen LogP contribution in [0.3, 0.4) is 0 Å². The van der Waals surface area contributed by atoms with Crippen LogP contribution < -0.4 is 4.90 Å². The number of piperidine rings is 1. The van der Waals surface area contributed by atoms with Gasteiger partial charge in [0.1, 0.15) is 17.4 Å². The maximum absolute atomic E-state index is 13.8. The number of carbonyl (C=O) groups excluding carboxylic acids is 1. The number of hydrogen-bond acceptors (Lipinski definition) is 8. The zero-order chi connectivity index (χ0) is 28.7. The third kappa shape index (κ3) is 4.48. The Balaban J connectivity index is 1.06. The lowest BCUT2D eigenvalue weighted by Crippen LogP contribution is -2.46. The van der Waals surface area contributed by atoms with Crippen molar-refractivity contribution in [3.05, 3.63) is 62.8 Å². The number of aromatic carboxylic acids is 1. The molecule has 2 aromatic heterocycles. The molecule has 3 atom stereocenters. The van der Waals surface area contributed by atoms with Crippen molar-refractivity contribution in [1.82, 2.24) is 10.1 Å². The number of ether oxygens (including phenoxy) is 1. The lowest BCUT2D eigenvalue weighted by molar-refractivity contribution is 0.0202. The fraction of sp³-hybridized carbons (Fsp3) is 0.419. The van der Waals surface area contributed by atoms with Crippen LogP contribution in [0, 0.1) is 0 Å². The summed E-state index contributed by atoms with van der Waals surface area (Å²) in [4.78, 5) is 33.0. The van der Waals surface area contributed by atoms with Crippen molar-refractivity contribution in [1.29, 1.82) is 0 Å². The van der Waals surface area contributed by atoms with Gasteiger partial charge in [0.05, 0.1) is 25.8 Å². The number of fused-ring (bicyclic) bond motifs is 3. The third-order valence-electron chi connectivity index (χ3n) is 9.03. The van der Waals surface area contributed by atoms with Gasteiger partial charge in [0.25, 0.3) is 0 Å². The maximum Gasteiger partial charge on any atom is 0.344 e. The first-order valence-corrected chi connectivity index (χ1v) is 16.0. The average Bonchev–Trinajstić information content (AvgIpc) is 3.88. The fourth-order valence-electron chi connectivity index (χ4n) is 6.75. The zero-order valence-electron chi connectivity index (χ0n) is 22.5. The summed E-state index contributed by atoms with van der Waals surface area (Å²) in [5.41, 5.74) is 3.45. The number of aromatic nitrogens is 2. The normalized spacial score (nSPS) is 23.5. The van der Waals surface area contributed by atoms with Gasteiger partial charge in [-0.2, -0.15) is 0 Å². The molecule has 2 aromatic carbocycles. The van der Waals surface area contributed by atoms with Gasteiger partial charge < -0.3 is 19.3 Å². The molecule has 1 N–H and O–H groups in total. The Kier molecular flexibility index (Phi) is 6.28. The predicted molar refractivity (Wildman–Crippen MR) is 160 cm³/mol. The quantitative estimate of drug-likeness (QED) is 0.206. The minimum Gasteiger partial charge on any atom is -0.478 e. The van der Waals surface area contributed by atoms with Gasteiger partial charge in [0, 0.05) is 36.4 Å². The molecule has 216 valence electrons. The Labute approximate surface area is 255 Å². The van der Waals surface area contributed by atoms with E-state index in [1.807, 2.05) is 0 Å². The summed E-state index contributed by atoms with van der Waals surface area (Å²) in [7, 11) is 0. The lowest BCUT2D eigenvalue weighted by Gasteiger charge is -2.38. The van der Waals surface area contributed by atoms with Crippen molar-refractivity contribution in [3.63, 3.8) is 0 Å². The molecule has 0 amide bonds. The van der Waals surface area contributed by atoms with Crippen molar-refractivity contribution < 1.29 is 24.0 Å². The highest BCUT2D eigenvalue weighted by molar-refractivity contribution is 7.22. The van der Waals surface area contributed by atoms with E-state index in [2.05, 4.69) is 10.1 Å². The van der Waals surface area contributed by atoms with Crippen molar-refractivity contribution in [2.24, 2.45) is 0 Å². The average molecular weight is 625 g/mol. The molecule has 8 nitrogen and oxygen atoms in total. The number of thiazole rings is 1. The molecule has 2 saturated heterocycles. The van der Waals surface area contributed by atoms with Gasteiger partial charge in [0.15, 0.2) is 10.9 Å². The van der Waals surface area contributed by atoms with Crippen LogP contribution >= 0.6 is 34.5 Å². The second-order valence-corrected chi connectivity index (χ2v) is 13.7. The largest absolute Gasteiger partial charge is 0.478 e. The van der Waals surface area contributed by atoms with E-state index in [0.717, 1.165) is 59.4 Å². The Morgan fingerprint density at radius 3 is 2.33 bits per heavy atom. The summed E-state index contributed by atoms with van der Waals surface area (Å²) < 4.78 is 12.8. The van der Waals surface area contributed by atoms with E-state index < -0.39 is 11.9 Å². The van der Waals surface area contributed by atoms with Crippen LogP contribution in [-0.4, -0.2) is 45.4 Å². The molecule has 11 heteroatoms. The lowest BCUT2D eigenvalue weighted by atomic mass is 9.99. The molecule has 0 unspecified atom stereocenters. The fourth-order valence-corrected chi connectivity index (χ4v) is 8.51. The van der Waals surface area contributed by atoms with Crippen molar-refractivity contribution >= 4 is 61.8 Å². The zero-order valence-corrected chi connectivity index (χ0v) is 24.8. The van der Waals surface area contributed by atoms with Crippen molar-refractivity contribution in [2.75, 3.05) is 4.90 Å². The molecule has 42 heavy (non-hydrogen) atoms. The van der Waals surface area contributed by atoms with Crippen LogP contribution in [0.1, 0.15) is 95.2 Å². The van der Waals surface area contributed by atoms with Crippen LogP contribution in [0.4, 0.5) is 5.13 Å². The highest BCUT2D eigenvalue weighted by atomic mass is 35.5. The number of rotatable bonds is 7. The predicted octanol–water partition coefficient (Wildman–Crippen LogP) is 8.07. The molecule has 2 bridgehead atoms. The number of benzene rings is 2. The molecule has 4 aromatic rings. The number of carbonyl (C=O) groups is 2. The van der Waals surface area contributed by atoms with E-state index in [0.29, 0.717) is 56.9 Å². The van der Waals surface area contributed by atoms with Gasteiger partial charge >= 0.3 is 11.9 Å². The molecule has 4 aliphatic rings. The summed E-state index contributed by atoms with van der Waals surface area (Å²) in [5.74, 6) is -0.263. The topological polar surface area (TPSA) is 106 Å². The van der Waals surface area contributed by atoms with Crippen LogP contribution in [0.5, 0.6) is 0 Å². The number of carboxylic acid groups (broad SMARTS) is 1. The van der Waals surface area contributed by atoms with E-state index in [9.17, 15) is 14.7 Å². The van der Waals surface area contributed by atoms with E-state index in [-0.39, 0.29) is 24.1 Å². The van der Waals surface area contributed by atoms with E-state index in [4.69, 9.17) is 37.4 Å². The molecule has 4 heterocycles. The van der Waals surface area contributed by atoms with Crippen LogP contribution in [0.25, 0.3) is 21.5 Å². The summed E-state index contributed by atoms with van der Waals surface area (Å²) in [6, 6.07) is 9.11. The monoisotopic (exact) mass is 623 g/mol. The molecule has 2 aliphatic carbocycles. The maximum atomic E-state index is 13.8. The number of halogens is 2. The third-order valence-corrected chi connectivity index (χ3v) is 10.7. The molecule has 2 aliphatic heterocycles. The van der Waals surface area contributed by atoms with E-state index >= 15 is 0 Å². The number of carboxylic acids is 1. The first-order valence-electron chi connectivity index (χ1n) is 14.5. The van der Waals surface area contributed by atoms with E-state index in [1.165, 1.54) is 0 Å². The second kappa shape index (κ2) is 9.96. The Bertz CT molecular complexity index is 1730. The molecule has 2 saturated carbocycles. The molecular weight excluding hydrogens is 597 g/mol. The Hall–Kier alpha value is -3.14. The van der Waals surface area contributed by atoms with Crippen LogP contribution in [0.2, 0.25) is 10.0 Å². The van der Waals surface area contributed by atoms with Gasteiger partial charge in [-0.15, -0.1) is 0 Å². The molecular formula is C31H27Cl2N3O5S. The summed E-state index contributed by atoms with van der Waals surface area (Å²) in [6.45, 7) is 0. The Morgan fingerprint density at radius 1 is 1.00 bits per heavy atom. The second-order valence-electron chi connectivity index (χ2n) is 11.9. The number of esters is 1. The van der Waals surface area contributed by atoms with Crippen LogP contribution in [-0.2, 0) is 4.74 Å². The van der Waals surface area contributed by atoms with Gasteiger partial charge in [-0.05, 0) is 74.3 Å². The molecule has 0 spiro atoms. The first-order chi connectivity index (χ1) is 20.4.